The summed E-state index contributed by atoms with van der Waals surface area (Å²) in [6, 6.07) is 8.62. The van der Waals surface area contributed by atoms with Gasteiger partial charge in [0.25, 0.3) is 0 Å². The summed E-state index contributed by atoms with van der Waals surface area (Å²) in [5, 5.41) is 13.2. The first-order valence-corrected chi connectivity index (χ1v) is 9.17. The van der Waals surface area contributed by atoms with Gasteiger partial charge >= 0.3 is 0 Å². The standard InChI is InChI=1S/C18H21N3O2S/c1-17(2)11-18(22-7-8-23-18)6-5-15(17)20-12-3-4-14-13(9-12)21-16(10-19)24-14/h3-4,9,15,20H,5-8,11H2,1-2H3. The highest BCUT2D eigenvalue weighted by Crippen LogP contribution is 2.46. The van der Waals surface area contributed by atoms with Gasteiger partial charge in [0, 0.05) is 24.6 Å². The first-order chi connectivity index (χ1) is 11.5. The Kier molecular flexibility index (Phi) is 3.75. The van der Waals surface area contributed by atoms with Crippen molar-refractivity contribution >= 4 is 27.2 Å². The van der Waals surface area contributed by atoms with Gasteiger partial charge in [-0.1, -0.05) is 13.8 Å². The lowest BCUT2D eigenvalue weighted by molar-refractivity contribution is -0.199. The topological polar surface area (TPSA) is 67.2 Å². The Bertz CT molecular complexity index is 802. The van der Waals surface area contributed by atoms with Crippen molar-refractivity contribution < 1.29 is 9.47 Å². The van der Waals surface area contributed by atoms with E-state index in [9.17, 15) is 0 Å². The molecule has 1 spiro atoms. The minimum Gasteiger partial charge on any atom is -0.382 e. The van der Waals surface area contributed by atoms with Gasteiger partial charge in [0.05, 0.1) is 23.4 Å². The molecule has 2 heterocycles. The van der Waals surface area contributed by atoms with Crippen molar-refractivity contribution in [3.05, 3.63) is 23.2 Å². The zero-order valence-electron chi connectivity index (χ0n) is 14.0. The summed E-state index contributed by atoms with van der Waals surface area (Å²) in [5.41, 5.74) is 2.01. The molecule has 5 nitrogen and oxygen atoms in total. The quantitative estimate of drug-likeness (QED) is 0.896. The fourth-order valence-corrected chi connectivity index (χ4v) is 4.68. The molecule has 1 aromatic carbocycles. The molecule has 1 saturated carbocycles. The van der Waals surface area contributed by atoms with Crippen molar-refractivity contribution in [2.24, 2.45) is 5.41 Å². The van der Waals surface area contributed by atoms with Crippen molar-refractivity contribution in [3.63, 3.8) is 0 Å². The van der Waals surface area contributed by atoms with Crippen LogP contribution in [-0.2, 0) is 9.47 Å². The average molecular weight is 343 g/mol. The number of anilines is 1. The van der Waals surface area contributed by atoms with E-state index in [-0.39, 0.29) is 11.2 Å². The number of nitriles is 1. The molecule has 0 radical (unpaired) electrons. The molecule has 2 aliphatic rings. The molecule has 1 N–H and O–H groups in total. The predicted octanol–water partition coefficient (Wildman–Crippen LogP) is 3.90. The van der Waals surface area contributed by atoms with Gasteiger partial charge < -0.3 is 14.8 Å². The molecular weight excluding hydrogens is 322 g/mol. The predicted molar refractivity (Wildman–Crippen MR) is 94.0 cm³/mol. The van der Waals surface area contributed by atoms with Gasteiger partial charge in [0.1, 0.15) is 6.07 Å². The number of rotatable bonds is 2. The number of benzene rings is 1. The molecule has 1 aromatic heterocycles. The molecule has 1 saturated heterocycles. The molecule has 2 aromatic rings. The molecule has 0 amide bonds. The second-order valence-corrected chi connectivity index (χ2v) is 8.35. The third-order valence-electron chi connectivity index (χ3n) is 5.12. The number of ether oxygens (including phenoxy) is 2. The fourth-order valence-electron chi connectivity index (χ4n) is 3.94. The SMILES string of the molecule is CC1(C)CC2(CCC1Nc1ccc3sc(C#N)nc3c1)OCCO2. The van der Waals surface area contributed by atoms with Crippen LogP contribution in [0.4, 0.5) is 5.69 Å². The number of thiazole rings is 1. The number of aromatic nitrogens is 1. The van der Waals surface area contributed by atoms with Gasteiger partial charge in [-0.05, 0) is 30.0 Å². The third kappa shape index (κ3) is 2.77. The van der Waals surface area contributed by atoms with Crippen LogP contribution in [0.25, 0.3) is 10.2 Å². The summed E-state index contributed by atoms with van der Waals surface area (Å²) < 4.78 is 12.8. The molecule has 4 rings (SSSR count). The Balaban J connectivity index is 1.53. The smallest absolute Gasteiger partial charge is 0.195 e. The first kappa shape index (κ1) is 15.8. The van der Waals surface area contributed by atoms with Crippen LogP contribution in [0.15, 0.2) is 18.2 Å². The number of nitrogens with one attached hydrogen (secondary N) is 1. The zero-order chi connectivity index (χ0) is 16.8. The van der Waals surface area contributed by atoms with E-state index in [2.05, 4.69) is 36.3 Å². The maximum atomic E-state index is 9.00. The monoisotopic (exact) mass is 343 g/mol. The minimum absolute atomic E-state index is 0.0669. The summed E-state index contributed by atoms with van der Waals surface area (Å²) in [4.78, 5) is 4.36. The molecule has 126 valence electrons. The number of nitrogens with zero attached hydrogens (tertiary/aromatic N) is 2. The molecule has 1 aliphatic heterocycles. The fraction of sp³-hybridized carbons (Fsp3) is 0.556. The Morgan fingerprint density at radius 2 is 2.12 bits per heavy atom. The van der Waals surface area contributed by atoms with Gasteiger partial charge in [-0.3, -0.25) is 0 Å². The van der Waals surface area contributed by atoms with Crippen LogP contribution in [-0.4, -0.2) is 30.0 Å². The number of hydrogen-bond donors (Lipinski definition) is 1. The second-order valence-electron chi connectivity index (χ2n) is 7.32. The number of fused-ring (bicyclic) bond motifs is 1. The average Bonchev–Trinajstić information content (AvgIpc) is 3.16. The summed E-state index contributed by atoms with van der Waals surface area (Å²) in [6.45, 7) is 5.95. The molecule has 1 aliphatic carbocycles. The normalized spacial score (nSPS) is 25.0. The lowest BCUT2D eigenvalue weighted by Gasteiger charge is -2.46. The van der Waals surface area contributed by atoms with E-state index in [1.165, 1.54) is 11.3 Å². The van der Waals surface area contributed by atoms with E-state index in [4.69, 9.17) is 14.7 Å². The Morgan fingerprint density at radius 1 is 1.33 bits per heavy atom. The van der Waals surface area contributed by atoms with Crippen molar-refractivity contribution in [1.29, 1.82) is 5.26 Å². The first-order valence-electron chi connectivity index (χ1n) is 8.35. The molecule has 6 heteroatoms. The van der Waals surface area contributed by atoms with Crippen LogP contribution in [0.1, 0.15) is 38.1 Å². The van der Waals surface area contributed by atoms with Crippen molar-refractivity contribution in [3.8, 4) is 6.07 Å². The van der Waals surface area contributed by atoms with E-state index in [1.807, 2.05) is 12.1 Å². The Labute approximate surface area is 145 Å². The Hall–Kier alpha value is -1.68. The summed E-state index contributed by atoms with van der Waals surface area (Å²) >= 11 is 1.43. The summed E-state index contributed by atoms with van der Waals surface area (Å²) in [6.07, 6.45) is 2.83. The molecule has 1 atom stereocenters. The highest BCUT2D eigenvalue weighted by molar-refractivity contribution is 7.19. The van der Waals surface area contributed by atoms with Gasteiger partial charge in [0.2, 0.25) is 0 Å². The maximum Gasteiger partial charge on any atom is 0.195 e. The third-order valence-corrected chi connectivity index (χ3v) is 6.06. The molecule has 0 bridgehead atoms. The molecule has 24 heavy (non-hydrogen) atoms. The van der Waals surface area contributed by atoms with E-state index in [0.717, 1.165) is 35.2 Å². The summed E-state index contributed by atoms with van der Waals surface area (Å²) in [5.74, 6) is -0.373. The van der Waals surface area contributed by atoms with Crippen LogP contribution < -0.4 is 5.32 Å². The van der Waals surface area contributed by atoms with Gasteiger partial charge in [-0.25, -0.2) is 4.98 Å². The molecule has 2 fully saturated rings. The van der Waals surface area contributed by atoms with Gasteiger partial charge in [-0.2, -0.15) is 5.26 Å². The summed E-state index contributed by atoms with van der Waals surface area (Å²) in [7, 11) is 0. The van der Waals surface area contributed by atoms with Crippen molar-refractivity contribution in [1.82, 2.24) is 4.98 Å². The van der Waals surface area contributed by atoms with Gasteiger partial charge in [-0.15, -0.1) is 11.3 Å². The lowest BCUT2D eigenvalue weighted by Crippen LogP contribution is -2.49. The minimum atomic E-state index is -0.373. The lowest BCUT2D eigenvalue weighted by atomic mass is 9.70. The highest BCUT2D eigenvalue weighted by Gasteiger charge is 2.48. The van der Waals surface area contributed by atoms with E-state index in [1.54, 1.807) is 0 Å². The largest absolute Gasteiger partial charge is 0.382 e. The van der Waals surface area contributed by atoms with Crippen molar-refractivity contribution in [2.75, 3.05) is 18.5 Å². The van der Waals surface area contributed by atoms with Gasteiger partial charge in [0.15, 0.2) is 10.8 Å². The van der Waals surface area contributed by atoms with Crippen LogP contribution >= 0.6 is 11.3 Å². The van der Waals surface area contributed by atoms with Crippen molar-refractivity contribution in [2.45, 2.75) is 44.9 Å². The second kappa shape index (κ2) is 5.69. The van der Waals surface area contributed by atoms with Crippen LogP contribution in [0, 0.1) is 16.7 Å². The zero-order valence-corrected chi connectivity index (χ0v) is 14.8. The maximum absolute atomic E-state index is 9.00. The highest BCUT2D eigenvalue weighted by atomic mass is 32.1. The van der Waals surface area contributed by atoms with Crippen LogP contribution in [0.3, 0.4) is 0 Å². The number of hydrogen-bond acceptors (Lipinski definition) is 6. The van der Waals surface area contributed by atoms with Crippen LogP contribution in [0.2, 0.25) is 0 Å². The molecular formula is C18H21N3O2S. The van der Waals surface area contributed by atoms with E-state index < -0.39 is 0 Å². The Morgan fingerprint density at radius 3 is 2.83 bits per heavy atom. The van der Waals surface area contributed by atoms with E-state index >= 15 is 0 Å². The molecule has 1 unspecified atom stereocenters. The van der Waals surface area contributed by atoms with E-state index in [0.29, 0.717) is 24.3 Å². The van der Waals surface area contributed by atoms with Crippen LogP contribution in [0.5, 0.6) is 0 Å².